The number of carbonyl (C=O) groups excluding carboxylic acids is 1. The quantitative estimate of drug-likeness (QED) is 0.456. The molecule has 3 aromatic rings. The van der Waals surface area contributed by atoms with Gasteiger partial charge in [0, 0.05) is 12.1 Å². The van der Waals surface area contributed by atoms with Crippen LogP contribution in [-0.4, -0.2) is 52.8 Å². The predicted molar refractivity (Wildman–Crippen MR) is 132 cm³/mol. The highest BCUT2D eigenvalue weighted by molar-refractivity contribution is 5.94. The topological polar surface area (TPSA) is 69.3 Å². The molecule has 0 aliphatic rings. The number of ether oxygens (including phenoxy) is 4. The fraction of sp³-hybridized carbons (Fsp3) is 0.296. The summed E-state index contributed by atoms with van der Waals surface area (Å²) in [6.45, 7) is 0.828. The molecule has 3 rings (SSSR count). The fourth-order valence-electron chi connectivity index (χ4n) is 3.61. The smallest absolute Gasteiger partial charge is 0.251 e. The van der Waals surface area contributed by atoms with Crippen LogP contribution in [0.15, 0.2) is 66.7 Å². The predicted octanol–water partition coefficient (Wildman–Crippen LogP) is 4.32. The van der Waals surface area contributed by atoms with Crippen LogP contribution >= 0.6 is 0 Å². The van der Waals surface area contributed by atoms with Gasteiger partial charge in [-0.2, -0.15) is 0 Å². The van der Waals surface area contributed by atoms with Gasteiger partial charge in [-0.25, -0.2) is 0 Å². The SMILES string of the molecule is COc1ccc(C(CNC(=O)c2ccc(OCc3ccccc3)c(OC)c2)N(C)C)cc1OC. The van der Waals surface area contributed by atoms with Crippen LogP contribution in [0, 0.1) is 0 Å². The van der Waals surface area contributed by atoms with E-state index in [0.29, 0.717) is 41.7 Å². The first-order valence-electron chi connectivity index (χ1n) is 11.0. The summed E-state index contributed by atoms with van der Waals surface area (Å²) in [5, 5.41) is 3.02. The van der Waals surface area contributed by atoms with Crippen LogP contribution in [-0.2, 0) is 6.61 Å². The second-order valence-electron chi connectivity index (χ2n) is 7.94. The molecular weight excluding hydrogens is 432 g/mol. The van der Waals surface area contributed by atoms with Crippen molar-refractivity contribution in [2.24, 2.45) is 0 Å². The first-order valence-corrected chi connectivity index (χ1v) is 11.0. The number of nitrogens with zero attached hydrogens (tertiary/aromatic N) is 1. The van der Waals surface area contributed by atoms with Crippen molar-refractivity contribution in [1.82, 2.24) is 10.2 Å². The van der Waals surface area contributed by atoms with Gasteiger partial charge in [0.15, 0.2) is 23.0 Å². The standard InChI is InChI=1S/C27H32N2O5/c1-29(2)22(20-11-13-23(31-3)25(15-20)32-4)17-28-27(30)21-12-14-24(26(16-21)33-5)34-18-19-9-7-6-8-10-19/h6-16,22H,17-18H2,1-5H3,(H,28,30). The number of hydrogen-bond donors (Lipinski definition) is 1. The van der Waals surface area contributed by atoms with E-state index in [9.17, 15) is 4.79 Å². The molecule has 3 aromatic carbocycles. The van der Waals surface area contributed by atoms with Crippen LogP contribution in [0.2, 0.25) is 0 Å². The van der Waals surface area contributed by atoms with Gasteiger partial charge in [0.1, 0.15) is 6.61 Å². The van der Waals surface area contributed by atoms with Crippen LogP contribution in [0.25, 0.3) is 0 Å². The van der Waals surface area contributed by atoms with Gasteiger partial charge in [0.2, 0.25) is 0 Å². The van der Waals surface area contributed by atoms with E-state index in [1.54, 1.807) is 39.5 Å². The number of hydrogen-bond acceptors (Lipinski definition) is 6. The Morgan fingerprint density at radius 3 is 2.12 bits per heavy atom. The zero-order valence-electron chi connectivity index (χ0n) is 20.3. The molecule has 0 radical (unpaired) electrons. The van der Waals surface area contributed by atoms with E-state index in [-0.39, 0.29) is 11.9 Å². The van der Waals surface area contributed by atoms with Crippen molar-refractivity contribution in [2.45, 2.75) is 12.6 Å². The molecule has 0 saturated heterocycles. The highest BCUT2D eigenvalue weighted by Gasteiger charge is 2.19. The highest BCUT2D eigenvalue weighted by atomic mass is 16.5. The van der Waals surface area contributed by atoms with Crippen molar-refractivity contribution in [3.8, 4) is 23.0 Å². The van der Waals surface area contributed by atoms with Crippen LogP contribution in [0.4, 0.5) is 0 Å². The Hall–Kier alpha value is -3.71. The molecule has 0 heterocycles. The van der Waals surface area contributed by atoms with E-state index in [1.807, 2.05) is 67.5 Å². The van der Waals surface area contributed by atoms with Gasteiger partial charge >= 0.3 is 0 Å². The number of nitrogens with one attached hydrogen (secondary N) is 1. The van der Waals surface area contributed by atoms with E-state index in [1.165, 1.54) is 0 Å². The first kappa shape index (κ1) is 24.9. The summed E-state index contributed by atoms with van der Waals surface area (Å²) >= 11 is 0. The summed E-state index contributed by atoms with van der Waals surface area (Å²) in [6, 6.07) is 20.8. The third-order valence-corrected chi connectivity index (χ3v) is 5.53. The number of methoxy groups -OCH3 is 3. The Bertz CT molecular complexity index is 1090. The van der Waals surface area contributed by atoms with Crippen molar-refractivity contribution >= 4 is 5.91 Å². The minimum absolute atomic E-state index is 0.0564. The van der Waals surface area contributed by atoms with E-state index in [0.717, 1.165) is 11.1 Å². The lowest BCUT2D eigenvalue weighted by Gasteiger charge is -2.26. The second kappa shape index (κ2) is 12.0. The average molecular weight is 465 g/mol. The maximum Gasteiger partial charge on any atom is 0.251 e. The number of benzene rings is 3. The van der Waals surface area contributed by atoms with Crippen LogP contribution < -0.4 is 24.3 Å². The molecule has 1 atom stereocenters. The maximum atomic E-state index is 12.9. The van der Waals surface area contributed by atoms with Gasteiger partial charge in [-0.05, 0) is 55.6 Å². The number of carbonyl (C=O) groups is 1. The zero-order valence-corrected chi connectivity index (χ0v) is 20.3. The molecule has 0 fully saturated rings. The molecule has 34 heavy (non-hydrogen) atoms. The van der Waals surface area contributed by atoms with Crippen molar-refractivity contribution in [1.29, 1.82) is 0 Å². The van der Waals surface area contributed by atoms with Gasteiger partial charge in [0.25, 0.3) is 5.91 Å². The fourth-order valence-corrected chi connectivity index (χ4v) is 3.61. The lowest BCUT2D eigenvalue weighted by atomic mass is 10.0. The van der Waals surface area contributed by atoms with Gasteiger partial charge in [-0.1, -0.05) is 36.4 Å². The van der Waals surface area contributed by atoms with Crippen molar-refractivity contribution in [2.75, 3.05) is 42.0 Å². The molecule has 0 spiro atoms. The number of likely N-dealkylation sites (N-methyl/N-ethyl adjacent to an activating group) is 1. The molecule has 0 aliphatic carbocycles. The molecule has 1 amide bonds. The summed E-state index contributed by atoms with van der Waals surface area (Å²) in [7, 11) is 8.71. The largest absolute Gasteiger partial charge is 0.493 e. The molecule has 1 unspecified atom stereocenters. The summed E-state index contributed by atoms with van der Waals surface area (Å²) in [4.78, 5) is 15.0. The van der Waals surface area contributed by atoms with Crippen molar-refractivity contribution in [3.05, 3.63) is 83.4 Å². The first-order chi connectivity index (χ1) is 16.5. The minimum atomic E-state index is -0.194. The number of rotatable bonds is 11. The summed E-state index contributed by atoms with van der Waals surface area (Å²) < 4.78 is 22.1. The van der Waals surface area contributed by atoms with E-state index >= 15 is 0 Å². The third-order valence-electron chi connectivity index (χ3n) is 5.53. The Labute approximate surface area is 201 Å². The van der Waals surface area contributed by atoms with E-state index in [2.05, 4.69) is 5.32 Å². The zero-order chi connectivity index (χ0) is 24.5. The van der Waals surface area contributed by atoms with E-state index in [4.69, 9.17) is 18.9 Å². The second-order valence-corrected chi connectivity index (χ2v) is 7.94. The van der Waals surface area contributed by atoms with Crippen LogP contribution in [0.5, 0.6) is 23.0 Å². The lowest BCUT2D eigenvalue weighted by molar-refractivity contribution is 0.0941. The Kier molecular flexibility index (Phi) is 8.76. The number of amides is 1. The minimum Gasteiger partial charge on any atom is -0.493 e. The molecule has 7 heteroatoms. The van der Waals surface area contributed by atoms with Gasteiger partial charge in [0.05, 0.1) is 27.4 Å². The van der Waals surface area contributed by atoms with Gasteiger partial charge in [-0.15, -0.1) is 0 Å². The molecule has 0 aliphatic heterocycles. The Morgan fingerprint density at radius 2 is 1.47 bits per heavy atom. The summed E-state index contributed by atoms with van der Waals surface area (Å²) in [5.41, 5.74) is 2.55. The van der Waals surface area contributed by atoms with Gasteiger partial charge < -0.3 is 29.2 Å². The average Bonchev–Trinajstić information content (AvgIpc) is 2.87. The summed E-state index contributed by atoms with van der Waals surface area (Å²) in [6.07, 6.45) is 0. The molecular formula is C27H32N2O5. The molecule has 7 nitrogen and oxygen atoms in total. The summed E-state index contributed by atoms with van der Waals surface area (Å²) in [5.74, 6) is 2.20. The normalized spacial score (nSPS) is 11.6. The lowest BCUT2D eigenvalue weighted by Crippen LogP contribution is -2.34. The van der Waals surface area contributed by atoms with Crippen LogP contribution in [0.1, 0.15) is 27.5 Å². The van der Waals surface area contributed by atoms with Crippen LogP contribution in [0.3, 0.4) is 0 Å². The molecule has 0 aromatic heterocycles. The highest BCUT2D eigenvalue weighted by Crippen LogP contribution is 2.32. The molecule has 0 saturated carbocycles. The monoisotopic (exact) mass is 464 g/mol. The Balaban J connectivity index is 1.69. The van der Waals surface area contributed by atoms with Crippen molar-refractivity contribution < 1.29 is 23.7 Å². The molecule has 1 N–H and O–H groups in total. The third kappa shape index (κ3) is 6.20. The maximum absolute atomic E-state index is 12.9. The molecule has 180 valence electrons. The van der Waals surface area contributed by atoms with Gasteiger partial charge in [-0.3, -0.25) is 4.79 Å². The Morgan fingerprint density at radius 1 is 0.824 bits per heavy atom. The van der Waals surface area contributed by atoms with Crippen molar-refractivity contribution in [3.63, 3.8) is 0 Å². The van der Waals surface area contributed by atoms with E-state index < -0.39 is 0 Å². The molecule has 0 bridgehead atoms.